The molecule has 5 heteroatoms. The summed E-state index contributed by atoms with van der Waals surface area (Å²) < 4.78 is 21.6. The molecule has 0 amide bonds. The van der Waals surface area contributed by atoms with Gasteiger partial charge in [0.15, 0.2) is 11.2 Å². The third kappa shape index (κ3) is 6.49. The van der Waals surface area contributed by atoms with Crippen LogP contribution in [0.5, 0.6) is 0 Å². The van der Waals surface area contributed by atoms with E-state index in [9.17, 15) is 0 Å². The summed E-state index contributed by atoms with van der Waals surface area (Å²) >= 11 is 0. The third-order valence-corrected chi connectivity index (χ3v) is 17.9. The molecular formula is C79H48N2O3. The molecule has 3 aromatic heterocycles. The van der Waals surface area contributed by atoms with Gasteiger partial charge in [-0.3, -0.25) is 0 Å². The maximum Gasteiger partial charge on any atom is 0.159 e. The molecule has 16 aromatic rings. The first-order valence-electron chi connectivity index (χ1n) is 28.7. The summed E-state index contributed by atoms with van der Waals surface area (Å²) in [7, 11) is 0. The van der Waals surface area contributed by atoms with Crippen LogP contribution in [0.15, 0.2) is 304 Å². The molecule has 2 aliphatic carbocycles. The Morgan fingerprint density at radius 2 is 0.679 bits per heavy atom. The number of anilines is 6. The predicted molar refractivity (Wildman–Crippen MR) is 345 cm³/mol. The topological polar surface area (TPSA) is 45.9 Å². The van der Waals surface area contributed by atoms with Crippen molar-refractivity contribution in [3.05, 3.63) is 313 Å². The van der Waals surface area contributed by atoms with Gasteiger partial charge in [-0.05, 0) is 111 Å². The molecule has 0 unspecified atom stereocenters. The molecule has 0 bridgehead atoms. The summed E-state index contributed by atoms with van der Waals surface area (Å²) in [5.41, 5.74) is 23.8. The lowest BCUT2D eigenvalue weighted by Crippen LogP contribution is -2.26. The molecule has 2 aliphatic rings. The fourth-order valence-electron chi connectivity index (χ4n) is 14.5. The first-order valence-corrected chi connectivity index (χ1v) is 28.7. The van der Waals surface area contributed by atoms with Crippen LogP contribution in [-0.4, -0.2) is 0 Å². The fourth-order valence-corrected chi connectivity index (χ4v) is 14.5. The van der Waals surface area contributed by atoms with Crippen molar-refractivity contribution in [3.63, 3.8) is 0 Å². The minimum Gasteiger partial charge on any atom is -0.455 e. The van der Waals surface area contributed by atoms with Gasteiger partial charge in [-0.25, -0.2) is 0 Å². The lowest BCUT2D eigenvalue weighted by Gasteiger charge is -2.34. The van der Waals surface area contributed by atoms with E-state index in [-0.39, 0.29) is 0 Å². The Balaban J connectivity index is 0.983. The van der Waals surface area contributed by atoms with Gasteiger partial charge in [-0.15, -0.1) is 0 Å². The van der Waals surface area contributed by atoms with Crippen LogP contribution in [0.2, 0.25) is 0 Å². The van der Waals surface area contributed by atoms with Crippen molar-refractivity contribution in [1.29, 1.82) is 0 Å². The third-order valence-electron chi connectivity index (χ3n) is 17.9. The first-order chi connectivity index (χ1) is 41.7. The highest BCUT2D eigenvalue weighted by molar-refractivity contribution is 6.22. The summed E-state index contributed by atoms with van der Waals surface area (Å²) in [5.74, 6) is 0. The Hall–Kier alpha value is -11.1. The van der Waals surface area contributed by atoms with Crippen molar-refractivity contribution >= 4 is 99.9 Å². The Labute approximate surface area is 483 Å². The quantitative estimate of drug-likeness (QED) is 0.152. The number of hydrogen-bond acceptors (Lipinski definition) is 5. The Kier molecular flexibility index (Phi) is 9.95. The van der Waals surface area contributed by atoms with Gasteiger partial charge >= 0.3 is 0 Å². The number of nitrogens with zero attached hydrogens (tertiary/aromatic N) is 2. The molecule has 18 rings (SSSR count). The van der Waals surface area contributed by atoms with E-state index in [1.54, 1.807) is 0 Å². The Bertz CT molecular complexity index is 5310. The maximum atomic E-state index is 7.53. The zero-order valence-corrected chi connectivity index (χ0v) is 45.3. The molecule has 13 aromatic carbocycles. The van der Waals surface area contributed by atoms with Crippen LogP contribution in [0.4, 0.5) is 34.1 Å². The van der Waals surface area contributed by atoms with Crippen LogP contribution >= 0.6 is 0 Å². The summed E-state index contributed by atoms with van der Waals surface area (Å²) in [5, 5.41) is 6.30. The van der Waals surface area contributed by atoms with Crippen LogP contribution in [-0.2, 0) is 5.41 Å². The highest BCUT2D eigenvalue weighted by atomic mass is 16.3. The van der Waals surface area contributed by atoms with E-state index in [0.717, 1.165) is 139 Å². The minimum absolute atomic E-state index is 0.803. The van der Waals surface area contributed by atoms with Crippen molar-refractivity contribution in [1.82, 2.24) is 0 Å². The van der Waals surface area contributed by atoms with E-state index in [4.69, 9.17) is 13.3 Å². The second-order valence-electron chi connectivity index (χ2n) is 22.1. The number of furan rings is 3. The van der Waals surface area contributed by atoms with Crippen LogP contribution < -0.4 is 9.80 Å². The van der Waals surface area contributed by atoms with Crippen LogP contribution in [0.25, 0.3) is 110 Å². The van der Waals surface area contributed by atoms with Gasteiger partial charge in [0.2, 0.25) is 0 Å². The van der Waals surface area contributed by atoms with Gasteiger partial charge in [-0.1, -0.05) is 231 Å². The van der Waals surface area contributed by atoms with Gasteiger partial charge in [0.25, 0.3) is 0 Å². The molecule has 0 saturated carbocycles. The smallest absolute Gasteiger partial charge is 0.159 e. The Morgan fingerprint density at radius 1 is 0.250 bits per heavy atom. The van der Waals surface area contributed by atoms with Crippen molar-refractivity contribution < 1.29 is 13.3 Å². The monoisotopic (exact) mass is 1070 g/mol. The molecular weight excluding hydrogens is 1020 g/mol. The SMILES string of the molecule is c1ccc(-c2ccccc2N(c2ccc3c(c2)C2(c4ccccc4-c4ccccc42)c2cc(N(c4ccccc4-c4ccccc4)c4cccc5c4oc4ccccc45)c4c(oc5ccccc54)c2-3)c2cccc3c2oc2ccccc23)cc1. The molecule has 84 heavy (non-hydrogen) atoms. The number of hydrogen-bond donors (Lipinski definition) is 0. The summed E-state index contributed by atoms with van der Waals surface area (Å²) in [6.07, 6.45) is 0. The molecule has 5 nitrogen and oxygen atoms in total. The van der Waals surface area contributed by atoms with Crippen LogP contribution in [0.3, 0.4) is 0 Å². The van der Waals surface area contributed by atoms with Gasteiger partial charge in [0.05, 0.1) is 39.2 Å². The van der Waals surface area contributed by atoms with Crippen molar-refractivity contribution in [2.24, 2.45) is 0 Å². The lowest BCUT2D eigenvalue weighted by atomic mass is 9.70. The van der Waals surface area contributed by atoms with E-state index >= 15 is 0 Å². The molecule has 0 fully saturated rings. The van der Waals surface area contributed by atoms with Crippen molar-refractivity contribution in [3.8, 4) is 44.5 Å². The molecule has 0 saturated heterocycles. The van der Waals surface area contributed by atoms with Crippen LogP contribution in [0.1, 0.15) is 22.3 Å². The second kappa shape index (κ2) is 17.9. The molecule has 1 spiro atoms. The van der Waals surface area contributed by atoms with Crippen LogP contribution in [0, 0.1) is 0 Å². The fraction of sp³-hybridized carbons (Fsp3) is 0.0127. The number of benzene rings is 13. The highest BCUT2D eigenvalue weighted by Crippen LogP contribution is 2.66. The van der Waals surface area contributed by atoms with Gasteiger partial charge < -0.3 is 23.1 Å². The van der Waals surface area contributed by atoms with Gasteiger partial charge in [0, 0.05) is 49.3 Å². The summed E-state index contributed by atoms with van der Waals surface area (Å²) in [4.78, 5) is 4.89. The average Bonchev–Trinajstić information content (AvgIpc) is 2.12. The predicted octanol–water partition coefficient (Wildman–Crippen LogP) is 22.0. The van der Waals surface area contributed by atoms with E-state index in [1.165, 1.54) is 27.8 Å². The minimum atomic E-state index is -0.832. The summed E-state index contributed by atoms with van der Waals surface area (Å²) in [6, 6.07) is 105. The molecule has 0 radical (unpaired) electrons. The second-order valence-corrected chi connectivity index (χ2v) is 22.1. The van der Waals surface area contributed by atoms with Gasteiger partial charge in [-0.2, -0.15) is 0 Å². The van der Waals surface area contributed by atoms with E-state index in [1.807, 2.05) is 6.07 Å². The number of rotatable bonds is 8. The standard InChI is InChI=1S/C79H48N2O3/c1-3-23-49(24-4-1)52-27-9-16-38-66(52)80(68-40-21-34-58-56-31-11-18-42-71(56)82-76(58)68)51-45-46-60-64(47-51)79(62-36-14-7-29-54(62)55-30-8-15-37-63(55)79)65-48-70(75-61-33-13-20-44-73(61)84-78(75)74(60)65)81(67-39-17-10-28-53(67)50-25-5-2-6-26-50)69-41-22-35-59-57-32-12-19-43-72(57)83-77(59)69/h1-48H. The van der Waals surface area contributed by atoms with E-state index in [2.05, 4.69) is 295 Å². The summed E-state index contributed by atoms with van der Waals surface area (Å²) in [6.45, 7) is 0. The molecule has 0 atom stereocenters. The number of fused-ring (bicyclic) bond motifs is 20. The zero-order valence-electron chi connectivity index (χ0n) is 45.3. The zero-order chi connectivity index (χ0) is 55.0. The molecule has 0 aliphatic heterocycles. The normalized spacial score (nSPS) is 12.9. The Morgan fingerprint density at radius 3 is 1.26 bits per heavy atom. The van der Waals surface area contributed by atoms with Crippen molar-refractivity contribution in [2.45, 2.75) is 5.41 Å². The maximum absolute atomic E-state index is 7.53. The molecule has 0 N–H and O–H groups in total. The van der Waals surface area contributed by atoms with Crippen molar-refractivity contribution in [2.75, 3.05) is 9.80 Å². The average molecular weight is 1070 g/mol. The van der Waals surface area contributed by atoms with E-state index in [0.29, 0.717) is 0 Å². The highest BCUT2D eigenvalue weighted by Gasteiger charge is 2.53. The first kappa shape index (κ1) is 46.6. The van der Waals surface area contributed by atoms with Gasteiger partial charge in [0.1, 0.15) is 22.3 Å². The lowest BCUT2D eigenvalue weighted by molar-refractivity contribution is 0.668. The van der Waals surface area contributed by atoms with E-state index < -0.39 is 5.41 Å². The molecule has 3 heterocycles. The number of para-hydroxylation sites is 7. The molecule has 392 valence electrons. The largest absolute Gasteiger partial charge is 0.455 e.